The second-order valence-electron chi connectivity index (χ2n) is 5.14. The Kier molecular flexibility index (Phi) is 3.83. The Labute approximate surface area is 102 Å². The van der Waals surface area contributed by atoms with E-state index in [2.05, 4.69) is 5.32 Å². The maximum absolute atomic E-state index is 12.7. The van der Waals surface area contributed by atoms with Crippen LogP contribution in [0.5, 0.6) is 0 Å². The molecule has 1 saturated heterocycles. The van der Waals surface area contributed by atoms with Crippen molar-refractivity contribution in [2.75, 3.05) is 5.75 Å². The molecule has 1 heterocycles. The molecule has 2 rings (SSSR count). The molecule has 5 atom stereocenters. The van der Waals surface area contributed by atoms with Crippen LogP contribution in [0, 0.1) is 5.92 Å². The van der Waals surface area contributed by atoms with E-state index < -0.39 is 22.9 Å². The zero-order chi connectivity index (χ0) is 12.6. The van der Waals surface area contributed by atoms with Crippen molar-refractivity contribution in [3.8, 4) is 0 Å². The van der Waals surface area contributed by atoms with E-state index >= 15 is 0 Å². The topological polar surface area (TPSA) is 29.1 Å². The number of nitrogens with one attached hydrogen (secondary N) is 1. The largest absolute Gasteiger partial charge is 0.391 e. The molecule has 0 spiro atoms. The van der Waals surface area contributed by atoms with Gasteiger partial charge in [-0.2, -0.15) is 13.2 Å². The lowest BCUT2D eigenvalue weighted by atomic mass is 9.85. The summed E-state index contributed by atoms with van der Waals surface area (Å²) in [5.74, 6) is -0.734. The molecule has 17 heavy (non-hydrogen) atoms. The second kappa shape index (κ2) is 4.88. The number of hydrogen-bond acceptors (Lipinski definition) is 2. The van der Waals surface area contributed by atoms with Gasteiger partial charge in [-0.25, -0.2) is 0 Å². The zero-order valence-electron chi connectivity index (χ0n) is 9.80. The Morgan fingerprint density at radius 2 is 1.94 bits per heavy atom. The monoisotopic (exact) mass is 269 g/mol. The van der Waals surface area contributed by atoms with E-state index in [-0.39, 0.29) is 30.2 Å². The predicted molar refractivity (Wildman–Crippen MR) is 61.2 cm³/mol. The van der Waals surface area contributed by atoms with E-state index in [1.807, 2.05) is 6.92 Å². The quantitative estimate of drug-likeness (QED) is 0.730. The van der Waals surface area contributed by atoms with Crippen molar-refractivity contribution < 1.29 is 17.4 Å². The van der Waals surface area contributed by atoms with Crippen LogP contribution in [0.25, 0.3) is 0 Å². The van der Waals surface area contributed by atoms with Gasteiger partial charge in [0.2, 0.25) is 0 Å². The van der Waals surface area contributed by atoms with Crippen LogP contribution in [0.1, 0.15) is 32.6 Å². The van der Waals surface area contributed by atoms with Crippen molar-refractivity contribution in [3.05, 3.63) is 0 Å². The molecular formula is C11H18F3NOS. The van der Waals surface area contributed by atoms with Crippen LogP contribution < -0.4 is 5.32 Å². The van der Waals surface area contributed by atoms with Crippen LogP contribution in [-0.2, 0) is 10.8 Å². The third-order valence-corrected chi connectivity index (χ3v) is 5.68. The lowest BCUT2D eigenvalue weighted by molar-refractivity contribution is -0.182. The van der Waals surface area contributed by atoms with Gasteiger partial charge in [0.1, 0.15) is 0 Å². The summed E-state index contributed by atoms with van der Waals surface area (Å²) in [6, 6.07) is 0.267. The van der Waals surface area contributed by atoms with Gasteiger partial charge in [0.25, 0.3) is 0 Å². The molecule has 0 bridgehead atoms. The molecule has 0 amide bonds. The number of hydrogen-bond donors (Lipinski definition) is 1. The molecule has 0 aromatic rings. The molecule has 1 aliphatic carbocycles. The van der Waals surface area contributed by atoms with E-state index in [0.717, 1.165) is 6.42 Å². The number of halogens is 3. The minimum Gasteiger partial charge on any atom is -0.310 e. The van der Waals surface area contributed by atoms with Gasteiger partial charge < -0.3 is 5.32 Å². The third kappa shape index (κ3) is 3.02. The summed E-state index contributed by atoms with van der Waals surface area (Å²) in [5, 5.41) is 3.00. The van der Waals surface area contributed by atoms with Crippen molar-refractivity contribution in [2.45, 2.75) is 56.1 Å². The van der Waals surface area contributed by atoms with Crippen molar-refractivity contribution in [1.82, 2.24) is 5.32 Å². The average molecular weight is 269 g/mol. The summed E-state index contributed by atoms with van der Waals surface area (Å²) in [5.41, 5.74) is 0. The molecule has 0 radical (unpaired) electrons. The van der Waals surface area contributed by atoms with Crippen LogP contribution in [0.2, 0.25) is 0 Å². The molecule has 0 aromatic heterocycles. The van der Waals surface area contributed by atoms with Gasteiger partial charge in [-0.3, -0.25) is 4.21 Å². The fourth-order valence-corrected chi connectivity index (χ4v) is 4.72. The Morgan fingerprint density at radius 3 is 2.59 bits per heavy atom. The molecule has 6 heteroatoms. The summed E-state index contributed by atoms with van der Waals surface area (Å²) in [7, 11) is -1.11. The molecular weight excluding hydrogens is 251 g/mol. The van der Waals surface area contributed by atoms with Gasteiger partial charge in [-0.15, -0.1) is 0 Å². The van der Waals surface area contributed by atoms with Crippen molar-refractivity contribution in [1.29, 1.82) is 0 Å². The maximum atomic E-state index is 12.7. The summed E-state index contributed by atoms with van der Waals surface area (Å²) in [6.07, 6.45) is -2.66. The number of rotatable bonds is 0. The molecule has 1 aliphatic heterocycles. The number of alkyl halides is 3. The van der Waals surface area contributed by atoms with Gasteiger partial charge in [-0.1, -0.05) is 0 Å². The van der Waals surface area contributed by atoms with Crippen molar-refractivity contribution >= 4 is 10.8 Å². The smallest absolute Gasteiger partial charge is 0.310 e. The van der Waals surface area contributed by atoms with E-state index in [9.17, 15) is 17.4 Å². The Balaban J connectivity index is 2.09. The molecule has 0 aromatic carbocycles. The Hall–Kier alpha value is -0.100. The minimum absolute atomic E-state index is 0.00642. The molecule has 100 valence electrons. The first kappa shape index (κ1) is 13.3. The van der Waals surface area contributed by atoms with E-state index in [4.69, 9.17) is 0 Å². The van der Waals surface area contributed by atoms with Crippen LogP contribution in [0.15, 0.2) is 0 Å². The average Bonchev–Trinajstić information content (AvgIpc) is 2.37. The first-order valence-electron chi connectivity index (χ1n) is 6.08. The zero-order valence-corrected chi connectivity index (χ0v) is 10.6. The highest BCUT2D eigenvalue weighted by molar-refractivity contribution is 7.85. The highest BCUT2D eigenvalue weighted by Crippen LogP contribution is 2.39. The SMILES string of the molecule is CC1CCS(=O)C2CC(C(F)(F)F)CCC2N1. The summed E-state index contributed by atoms with van der Waals surface area (Å²) >= 11 is 0. The Bertz CT molecular complexity index is 308. The van der Waals surface area contributed by atoms with Crippen molar-refractivity contribution in [2.24, 2.45) is 5.92 Å². The molecule has 1 saturated carbocycles. The molecule has 2 fully saturated rings. The first-order valence-corrected chi connectivity index (χ1v) is 7.46. The molecule has 2 nitrogen and oxygen atoms in total. The second-order valence-corrected chi connectivity index (χ2v) is 6.91. The standard InChI is InChI=1S/C11H18F3NOS/c1-7-4-5-17(16)10-6-8(11(12,13)14)2-3-9(10)15-7/h7-10,15H,2-6H2,1H3. The van der Waals surface area contributed by atoms with E-state index in [1.165, 1.54) is 0 Å². The molecule has 1 N–H and O–H groups in total. The molecule has 2 aliphatic rings. The minimum atomic E-state index is -4.13. The summed E-state index contributed by atoms with van der Waals surface area (Å²) in [4.78, 5) is 0. The fraction of sp³-hybridized carbons (Fsp3) is 1.00. The predicted octanol–water partition coefficient (Wildman–Crippen LogP) is 2.22. The molecule has 5 unspecified atom stereocenters. The van der Waals surface area contributed by atoms with Gasteiger partial charge in [0.15, 0.2) is 0 Å². The maximum Gasteiger partial charge on any atom is 0.391 e. The first-order chi connectivity index (χ1) is 7.88. The van der Waals surface area contributed by atoms with Crippen LogP contribution in [0.4, 0.5) is 13.2 Å². The summed E-state index contributed by atoms with van der Waals surface area (Å²) < 4.78 is 50.0. The highest BCUT2D eigenvalue weighted by atomic mass is 32.2. The van der Waals surface area contributed by atoms with Gasteiger partial charge in [0.05, 0.1) is 11.2 Å². The van der Waals surface area contributed by atoms with Gasteiger partial charge in [-0.05, 0) is 32.6 Å². The van der Waals surface area contributed by atoms with E-state index in [0.29, 0.717) is 12.2 Å². The van der Waals surface area contributed by atoms with Crippen LogP contribution in [-0.4, -0.2) is 33.5 Å². The van der Waals surface area contributed by atoms with Gasteiger partial charge >= 0.3 is 6.18 Å². The van der Waals surface area contributed by atoms with Gasteiger partial charge in [0, 0.05) is 28.6 Å². The normalized spacial score (nSPS) is 43.9. The van der Waals surface area contributed by atoms with Crippen LogP contribution >= 0.6 is 0 Å². The highest BCUT2D eigenvalue weighted by Gasteiger charge is 2.47. The lowest BCUT2D eigenvalue weighted by Crippen LogP contribution is -2.49. The third-order valence-electron chi connectivity index (χ3n) is 3.84. The lowest BCUT2D eigenvalue weighted by Gasteiger charge is -2.36. The summed E-state index contributed by atoms with van der Waals surface area (Å²) in [6.45, 7) is 2.01. The van der Waals surface area contributed by atoms with Crippen LogP contribution in [0.3, 0.4) is 0 Å². The Morgan fingerprint density at radius 1 is 1.24 bits per heavy atom. The number of fused-ring (bicyclic) bond motifs is 1. The van der Waals surface area contributed by atoms with E-state index in [1.54, 1.807) is 0 Å². The fourth-order valence-electron chi connectivity index (χ4n) is 2.80. The van der Waals surface area contributed by atoms with Crippen molar-refractivity contribution in [3.63, 3.8) is 0 Å².